The van der Waals surface area contributed by atoms with E-state index in [0.717, 1.165) is 10.1 Å². The van der Waals surface area contributed by atoms with Gasteiger partial charge in [-0.3, -0.25) is 4.79 Å². The molecule has 23 heavy (non-hydrogen) atoms. The summed E-state index contributed by atoms with van der Waals surface area (Å²) in [5, 5.41) is 0. The number of benzene rings is 1. The summed E-state index contributed by atoms with van der Waals surface area (Å²) < 4.78 is 40.6. The van der Waals surface area contributed by atoms with E-state index in [1.54, 1.807) is 26.0 Å². The second-order valence-electron chi connectivity index (χ2n) is 5.37. The largest absolute Gasteiger partial charge is 0.449 e. The van der Waals surface area contributed by atoms with Crippen LogP contribution < -0.4 is 0 Å². The Morgan fingerprint density at radius 3 is 2.57 bits per heavy atom. The zero-order valence-corrected chi connectivity index (χ0v) is 13.0. The second-order valence-corrected chi connectivity index (χ2v) is 5.37. The third kappa shape index (κ3) is 3.72. The fraction of sp³-hybridized carbons (Fsp3) is 0.375. The number of hydrogen-bond donors (Lipinski definition) is 0. The highest BCUT2D eigenvalue weighted by molar-refractivity contribution is 5.81. The van der Waals surface area contributed by atoms with Crippen molar-refractivity contribution in [2.75, 3.05) is 13.1 Å². The van der Waals surface area contributed by atoms with Crippen molar-refractivity contribution in [1.29, 1.82) is 0 Å². The lowest BCUT2D eigenvalue weighted by atomic mass is 10.3. The van der Waals surface area contributed by atoms with Crippen molar-refractivity contribution < 1.29 is 18.0 Å². The SMILES string of the molecule is C=C(C)CN(CC)C(=O)Cn1c(C(F)(F)F)nc2ccccc21. The first-order valence-corrected chi connectivity index (χ1v) is 7.18. The van der Waals surface area contributed by atoms with Crippen LogP contribution in [0.1, 0.15) is 19.7 Å². The van der Waals surface area contributed by atoms with Crippen molar-refractivity contribution in [1.82, 2.24) is 14.5 Å². The number of nitrogens with zero attached hydrogens (tertiary/aromatic N) is 3. The van der Waals surface area contributed by atoms with E-state index in [1.165, 1.54) is 17.0 Å². The van der Waals surface area contributed by atoms with E-state index >= 15 is 0 Å². The summed E-state index contributed by atoms with van der Waals surface area (Å²) in [6.45, 7) is 7.60. The summed E-state index contributed by atoms with van der Waals surface area (Å²) in [6.07, 6.45) is -4.62. The van der Waals surface area contributed by atoms with E-state index in [4.69, 9.17) is 0 Å². The lowest BCUT2D eigenvalue weighted by molar-refractivity contribution is -0.148. The van der Waals surface area contributed by atoms with Gasteiger partial charge in [0.05, 0.1) is 11.0 Å². The van der Waals surface area contributed by atoms with Crippen LogP contribution in [0, 0.1) is 0 Å². The van der Waals surface area contributed by atoms with Crippen molar-refractivity contribution in [2.45, 2.75) is 26.6 Å². The number of imidazole rings is 1. The molecule has 0 fully saturated rings. The Hall–Kier alpha value is -2.31. The van der Waals surface area contributed by atoms with Gasteiger partial charge in [0.15, 0.2) is 0 Å². The average Bonchev–Trinajstić information content (AvgIpc) is 2.83. The molecule has 0 bridgehead atoms. The fourth-order valence-corrected chi connectivity index (χ4v) is 2.39. The zero-order chi connectivity index (χ0) is 17.2. The van der Waals surface area contributed by atoms with Crippen LogP contribution in [0.3, 0.4) is 0 Å². The Bertz CT molecular complexity index is 734. The number of rotatable bonds is 5. The van der Waals surface area contributed by atoms with Crippen LogP contribution in [0.4, 0.5) is 13.2 Å². The molecule has 0 N–H and O–H groups in total. The van der Waals surface area contributed by atoms with Gasteiger partial charge < -0.3 is 9.47 Å². The van der Waals surface area contributed by atoms with Crippen LogP contribution in [0.5, 0.6) is 0 Å². The molecule has 0 radical (unpaired) electrons. The van der Waals surface area contributed by atoms with E-state index < -0.39 is 24.5 Å². The van der Waals surface area contributed by atoms with Gasteiger partial charge in [0.25, 0.3) is 0 Å². The molecular formula is C16H18F3N3O. The molecule has 1 amide bonds. The zero-order valence-electron chi connectivity index (χ0n) is 13.0. The van der Waals surface area contributed by atoms with Crippen molar-refractivity contribution in [2.24, 2.45) is 0 Å². The predicted octanol–water partition coefficient (Wildman–Crippen LogP) is 3.48. The van der Waals surface area contributed by atoms with Crippen LogP contribution in [-0.2, 0) is 17.5 Å². The standard InChI is InChI=1S/C16H18F3N3O/c1-4-21(9-11(2)3)14(23)10-22-13-8-6-5-7-12(13)20-15(22)16(17,18)19/h5-8H,2,4,9-10H2,1,3H3. The molecule has 1 aromatic carbocycles. The molecule has 1 aromatic heterocycles. The van der Waals surface area contributed by atoms with E-state index in [-0.39, 0.29) is 5.52 Å². The molecule has 7 heteroatoms. The van der Waals surface area contributed by atoms with Gasteiger partial charge >= 0.3 is 6.18 Å². The number of halogens is 3. The molecule has 0 unspecified atom stereocenters. The van der Waals surface area contributed by atoms with E-state index in [1.807, 2.05) is 0 Å². The highest BCUT2D eigenvalue weighted by atomic mass is 19.4. The van der Waals surface area contributed by atoms with Crippen LogP contribution in [0.25, 0.3) is 11.0 Å². The fourth-order valence-electron chi connectivity index (χ4n) is 2.39. The maximum atomic E-state index is 13.2. The molecule has 0 spiro atoms. The van der Waals surface area contributed by atoms with Gasteiger partial charge in [-0.1, -0.05) is 24.3 Å². The van der Waals surface area contributed by atoms with Crippen molar-refractivity contribution in [3.63, 3.8) is 0 Å². The minimum absolute atomic E-state index is 0.218. The molecular weight excluding hydrogens is 307 g/mol. The van der Waals surface area contributed by atoms with E-state index in [9.17, 15) is 18.0 Å². The van der Waals surface area contributed by atoms with Crippen molar-refractivity contribution in [3.8, 4) is 0 Å². The van der Waals surface area contributed by atoms with Crippen molar-refractivity contribution >= 4 is 16.9 Å². The normalized spacial score (nSPS) is 11.7. The Labute approximate surface area is 132 Å². The topological polar surface area (TPSA) is 38.1 Å². The molecule has 0 aliphatic rings. The number of hydrogen-bond acceptors (Lipinski definition) is 2. The number of carbonyl (C=O) groups is 1. The number of alkyl halides is 3. The van der Waals surface area contributed by atoms with Crippen LogP contribution in [-0.4, -0.2) is 33.4 Å². The lowest BCUT2D eigenvalue weighted by Gasteiger charge is -2.22. The monoisotopic (exact) mass is 325 g/mol. The number of likely N-dealkylation sites (N-methyl/N-ethyl adjacent to an activating group) is 1. The summed E-state index contributed by atoms with van der Waals surface area (Å²) in [5.74, 6) is -1.46. The number of fused-ring (bicyclic) bond motifs is 1. The summed E-state index contributed by atoms with van der Waals surface area (Å²) >= 11 is 0. The third-order valence-corrected chi connectivity index (χ3v) is 3.40. The molecule has 0 atom stereocenters. The number of carbonyl (C=O) groups excluding carboxylic acids is 1. The summed E-state index contributed by atoms with van der Waals surface area (Å²) in [5.41, 5.74) is 1.28. The number of amides is 1. The average molecular weight is 325 g/mol. The lowest BCUT2D eigenvalue weighted by Crippen LogP contribution is -2.35. The summed E-state index contributed by atoms with van der Waals surface area (Å²) in [4.78, 5) is 17.5. The van der Waals surface area contributed by atoms with E-state index in [0.29, 0.717) is 18.6 Å². The minimum atomic E-state index is -4.62. The predicted molar refractivity (Wildman–Crippen MR) is 81.8 cm³/mol. The maximum absolute atomic E-state index is 13.2. The molecule has 2 rings (SSSR count). The smallest absolute Gasteiger partial charge is 0.337 e. The summed E-state index contributed by atoms with van der Waals surface area (Å²) in [6, 6.07) is 6.26. The first kappa shape index (κ1) is 17.1. The molecule has 1 heterocycles. The first-order valence-electron chi connectivity index (χ1n) is 7.18. The molecule has 0 saturated carbocycles. The van der Waals surface area contributed by atoms with Crippen LogP contribution in [0.15, 0.2) is 36.4 Å². The molecule has 0 aliphatic carbocycles. The second kappa shape index (κ2) is 6.44. The Kier molecular flexibility index (Phi) is 4.77. The molecule has 124 valence electrons. The maximum Gasteiger partial charge on any atom is 0.449 e. The Morgan fingerprint density at radius 1 is 1.35 bits per heavy atom. The highest BCUT2D eigenvalue weighted by Crippen LogP contribution is 2.31. The first-order chi connectivity index (χ1) is 10.7. The quantitative estimate of drug-likeness (QED) is 0.790. The highest BCUT2D eigenvalue weighted by Gasteiger charge is 2.38. The Morgan fingerprint density at radius 2 is 2.00 bits per heavy atom. The van der Waals surface area contributed by atoms with Gasteiger partial charge in [0.2, 0.25) is 11.7 Å². The Balaban J connectivity index is 2.42. The molecule has 2 aromatic rings. The number of aromatic nitrogens is 2. The van der Waals surface area contributed by atoms with Crippen LogP contribution >= 0.6 is 0 Å². The van der Waals surface area contributed by atoms with Gasteiger partial charge in [-0.05, 0) is 26.0 Å². The summed E-state index contributed by atoms with van der Waals surface area (Å²) in [7, 11) is 0. The van der Waals surface area contributed by atoms with Gasteiger partial charge in [0, 0.05) is 13.1 Å². The van der Waals surface area contributed by atoms with Gasteiger partial charge in [-0.15, -0.1) is 0 Å². The number of para-hydroxylation sites is 2. The third-order valence-electron chi connectivity index (χ3n) is 3.40. The molecule has 4 nitrogen and oxygen atoms in total. The van der Waals surface area contributed by atoms with Gasteiger partial charge in [0.1, 0.15) is 6.54 Å². The van der Waals surface area contributed by atoms with Gasteiger partial charge in [-0.25, -0.2) is 4.98 Å². The van der Waals surface area contributed by atoms with Crippen LogP contribution in [0.2, 0.25) is 0 Å². The van der Waals surface area contributed by atoms with Crippen molar-refractivity contribution in [3.05, 3.63) is 42.2 Å². The molecule has 0 saturated heterocycles. The molecule has 0 aliphatic heterocycles. The van der Waals surface area contributed by atoms with E-state index in [2.05, 4.69) is 11.6 Å². The minimum Gasteiger partial charge on any atom is -0.337 e. The van der Waals surface area contributed by atoms with Gasteiger partial charge in [-0.2, -0.15) is 13.2 Å².